The van der Waals surface area contributed by atoms with Gasteiger partial charge in [0.1, 0.15) is 5.69 Å². The zero-order chi connectivity index (χ0) is 14.1. The third-order valence-corrected chi connectivity index (χ3v) is 3.69. The lowest BCUT2D eigenvalue weighted by Gasteiger charge is -2.03. The maximum Gasteiger partial charge on any atom is 0.335 e. The van der Waals surface area contributed by atoms with Crippen LogP contribution in [0.3, 0.4) is 0 Å². The number of hydrogen-bond donors (Lipinski definition) is 2. The number of nitrogens with two attached hydrogens (primary N) is 1. The van der Waals surface area contributed by atoms with Crippen molar-refractivity contribution in [3.63, 3.8) is 0 Å². The monoisotopic (exact) mass is 286 g/mol. The molecule has 3 aromatic rings. The summed E-state index contributed by atoms with van der Waals surface area (Å²) in [4.78, 5) is 11.8. The van der Waals surface area contributed by atoms with Crippen molar-refractivity contribution in [2.45, 2.75) is 0 Å². The molecule has 0 aliphatic carbocycles. The summed E-state index contributed by atoms with van der Waals surface area (Å²) >= 11 is 1.53. The van der Waals surface area contributed by atoms with Crippen LogP contribution in [0.25, 0.3) is 16.3 Å². The van der Waals surface area contributed by atoms with Gasteiger partial charge in [-0.25, -0.2) is 4.79 Å². The van der Waals surface area contributed by atoms with E-state index in [1.165, 1.54) is 28.2 Å². The number of carboxylic acids is 1. The zero-order valence-electron chi connectivity index (χ0n) is 10.2. The molecule has 0 bridgehead atoms. The number of benzene rings is 1. The molecule has 7 heteroatoms. The van der Waals surface area contributed by atoms with E-state index in [4.69, 9.17) is 10.8 Å². The second-order valence-corrected chi connectivity index (χ2v) is 5.01. The highest BCUT2D eigenvalue weighted by Crippen LogP contribution is 2.28. The van der Waals surface area contributed by atoms with Crippen LogP contribution in [0.2, 0.25) is 0 Å². The van der Waals surface area contributed by atoms with Gasteiger partial charge in [-0.3, -0.25) is 0 Å². The van der Waals surface area contributed by atoms with E-state index in [2.05, 4.69) is 10.3 Å². The van der Waals surface area contributed by atoms with Crippen LogP contribution in [0.4, 0.5) is 5.82 Å². The van der Waals surface area contributed by atoms with Crippen LogP contribution in [0.15, 0.2) is 41.8 Å². The molecule has 3 rings (SSSR count). The molecule has 3 N–H and O–H groups in total. The lowest BCUT2D eigenvalue weighted by molar-refractivity contribution is 0.0697. The Morgan fingerprint density at radius 2 is 2.00 bits per heavy atom. The molecule has 1 aromatic carbocycles. The smallest absolute Gasteiger partial charge is 0.335 e. The third-order valence-electron chi connectivity index (χ3n) is 2.82. The molecule has 0 amide bonds. The first-order chi connectivity index (χ1) is 9.66. The maximum atomic E-state index is 10.8. The summed E-state index contributed by atoms with van der Waals surface area (Å²) in [6.45, 7) is 0. The topological polar surface area (TPSA) is 94.0 Å². The van der Waals surface area contributed by atoms with Gasteiger partial charge in [0, 0.05) is 0 Å². The minimum absolute atomic E-state index is 0.214. The number of thiophene rings is 1. The van der Waals surface area contributed by atoms with E-state index in [1.807, 2.05) is 17.5 Å². The number of rotatable bonds is 3. The summed E-state index contributed by atoms with van der Waals surface area (Å²) in [5.41, 5.74) is 7.56. The van der Waals surface area contributed by atoms with Gasteiger partial charge in [-0.05, 0) is 35.7 Å². The Kier molecular flexibility index (Phi) is 2.96. The van der Waals surface area contributed by atoms with Gasteiger partial charge in [0.05, 0.1) is 16.1 Å². The van der Waals surface area contributed by atoms with E-state index in [0.29, 0.717) is 17.2 Å². The van der Waals surface area contributed by atoms with Gasteiger partial charge in [-0.1, -0.05) is 11.3 Å². The number of aromatic nitrogens is 3. The molecule has 0 aliphatic heterocycles. The highest BCUT2D eigenvalue weighted by atomic mass is 32.1. The molecule has 0 atom stereocenters. The van der Waals surface area contributed by atoms with Gasteiger partial charge in [0.25, 0.3) is 0 Å². The van der Waals surface area contributed by atoms with Crippen molar-refractivity contribution in [1.82, 2.24) is 15.0 Å². The van der Waals surface area contributed by atoms with Gasteiger partial charge in [-0.15, -0.1) is 16.4 Å². The number of nitrogen functional groups attached to an aromatic ring is 1. The molecular formula is C13H10N4O2S. The van der Waals surface area contributed by atoms with E-state index in [-0.39, 0.29) is 5.56 Å². The number of hydrogen-bond acceptors (Lipinski definition) is 5. The Morgan fingerprint density at radius 3 is 2.60 bits per heavy atom. The van der Waals surface area contributed by atoms with E-state index in [0.717, 1.165) is 4.88 Å². The summed E-state index contributed by atoms with van der Waals surface area (Å²) in [7, 11) is 0. The molecular weight excluding hydrogens is 276 g/mol. The van der Waals surface area contributed by atoms with Crippen molar-refractivity contribution in [3.05, 3.63) is 47.3 Å². The number of aromatic carboxylic acids is 1. The fourth-order valence-corrected chi connectivity index (χ4v) is 2.53. The molecule has 100 valence electrons. The van der Waals surface area contributed by atoms with Crippen LogP contribution >= 0.6 is 11.3 Å². The van der Waals surface area contributed by atoms with Crippen molar-refractivity contribution < 1.29 is 9.90 Å². The van der Waals surface area contributed by atoms with Crippen LogP contribution in [0, 0.1) is 0 Å². The average Bonchev–Trinajstić information content (AvgIpc) is 3.08. The van der Waals surface area contributed by atoms with Crippen LogP contribution in [-0.4, -0.2) is 26.1 Å². The van der Waals surface area contributed by atoms with Crippen LogP contribution < -0.4 is 5.73 Å². The fraction of sp³-hybridized carbons (Fsp3) is 0. The molecule has 0 unspecified atom stereocenters. The molecule has 0 spiro atoms. The normalized spacial score (nSPS) is 10.6. The van der Waals surface area contributed by atoms with Crippen molar-refractivity contribution in [2.24, 2.45) is 0 Å². The quantitative estimate of drug-likeness (QED) is 0.770. The maximum absolute atomic E-state index is 10.8. The number of carboxylic acid groups (broad SMARTS) is 1. The molecule has 2 aromatic heterocycles. The van der Waals surface area contributed by atoms with Crippen molar-refractivity contribution >= 4 is 23.1 Å². The largest absolute Gasteiger partial charge is 0.478 e. The van der Waals surface area contributed by atoms with E-state index in [1.54, 1.807) is 12.1 Å². The Balaban J connectivity index is 2.01. The van der Waals surface area contributed by atoms with Gasteiger partial charge < -0.3 is 10.8 Å². The molecule has 0 fully saturated rings. The molecule has 0 saturated carbocycles. The highest BCUT2D eigenvalue weighted by Gasteiger charge is 2.14. The molecule has 2 heterocycles. The molecule has 20 heavy (non-hydrogen) atoms. The second-order valence-electron chi connectivity index (χ2n) is 4.06. The Morgan fingerprint density at radius 1 is 1.25 bits per heavy atom. The van der Waals surface area contributed by atoms with E-state index in [9.17, 15) is 4.79 Å². The van der Waals surface area contributed by atoms with Gasteiger partial charge in [-0.2, -0.15) is 4.68 Å². The summed E-state index contributed by atoms with van der Waals surface area (Å²) in [5.74, 6) is -0.544. The van der Waals surface area contributed by atoms with Crippen LogP contribution in [0.5, 0.6) is 0 Å². The predicted molar refractivity (Wildman–Crippen MR) is 76.0 cm³/mol. The van der Waals surface area contributed by atoms with Crippen molar-refractivity contribution in [3.8, 4) is 16.3 Å². The van der Waals surface area contributed by atoms with E-state index >= 15 is 0 Å². The number of nitrogens with zero attached hydrogens (tertiary/aromatic N) is 3. The zero-order valence-corrected chi connectivity index (χ0v) is 11.0. The van der Waals surface area contributed by atoms with Crippen molar-refractivity contribution in [1.29, 1.82) is 0 Å². The van der Waals surface area contributed by atoms with Crippen LogP contribution in [-0.2, 0) is 0 Å². The predicted octanol–water partition coefficient (Wildman–Crippen LogP) is 2.28. The SMILES string of the molecule is Nc1c(-c2cccs2)nnn1-c1ccc(C(=O)O)cc1. The van der Waals surface area contributed by atoms with Gasteiger partial charge in [0.2, 0.25) is 0 Å². The van der Waals surface area contributed by atoms with Crippen molar-refractivity contribution in [2.75, 3.05) is 5.73 Å². The number of carbonyl (C=O) groups is 1. The van der Waals surface area contributed by atoms with Gasteiger partial charge >= 0.3 is 5.97 Å². The molecule has 0 aliphatic rings. The lowest BCUT2D eigenvalue weighted by atomic mass is 10.2. The minimum atomic E-state index is -0.970. The third kappa shape index (κ3) is 2.04. The van der Waals surface area contributed by atoms with Crippen LogP contribution in [0.1, 0.15) is 10.4 Å². The highest BCUT2D eigenvalue weighted by molar-refractivity contribution is 7.13. The minimum Gasteiger partial charge on any atom is -0.478 e. The number of anilines is 1. The van der Waals surface area contributed by atoms with Gasteiger partial charge in [0.15, 0.2) is 5.82 Å². The Bertz CT molecular complexity index is 747. The Labute approximate surface area is 118 Å². The summed E-state index contributed by atoms with van der Waals surface area (Å²) in [6, 6.07) is 10.1. The summed E-state index contributed by atoms with van der Waals surface area (Å²) in [6.07, 6.45) is 0. The molecule has 0 radical (unpaired) electrons. The van der Waals surface area contributed by atoms with E-state index < -0.39 is 5.97 Å². The molecule has 6 nitrogen and oxygen atoms in total. The second kappa shape index (κ2) is 4.78. The molecule has 0 saturated heterocycles. The average molecular weight is 286 g/mol. The summed E-state index contributed by atoms with van der Waals surface area (Å²) in [5, 5.41) is 18.9. The summed E-state index contributed by atoms with van der Waals surface area (Å²) < 4.78 is 1.49. The Hall–Kier alpha value is -2.67. The first-order valence-electron chi connectivity index (χ1n) is 5.75. The standard InChI is InChI=1S/C13H10N4O2S/c14-12-11(10-2-1-7-20-10)15-16-17(12)9-5-3-8(4-6-9)13(18)19/h1-7H,14H2,(H,18,19). The first kappa shape index (κ1) is 12.4. The lowest BCUT2D eigenvalue weighted by Crippen LogP contribution is -2.03. The fourth-order valence-electron chi connectivity index (χ4n) is 1.81. The first-order valence-corrected chi connectivity index (χ1v) is 6.63.